The first-order valence-corrected chi connectivity index (χ1v) is 12.3. The van der Waals surface area contributed by atoms with E-state index in [1.54, 1.807) is 22.2 Å². The maximum atomic E-state index is 13.4. The standard InChI is InChI=1S/C25H29FN8O2/c1-2-33-25(35)31(14-13-30-11-9-18(10-12-30)17-5-7-19(26)8-6-17)24-29-23-22(34(24)33)21(28-16-32(23)27)20-4-3-15-36-20/h3-8,15-16,18,24H,2,9-14,27H2,1H3. The number of likely N-dealkylation sites (tertiary alicyclic amines) is 1. The first-order chi connectivity index (χ1) is 17.5. The average molecular weight is 493 g/mol. The average Bonchev–Trinajstić information content (AvgIpc) is 3.61. The summed E-state index contributed by atoms with van der Waals surface area (Å²) in [6.07, 6.45) is 4.61. The van der Waals surface area contributed by atoms with Gasteiger partial charge in [-0.2, -0.15) is 0 Å². The number of urea groups is 1. The van der Waals surface area contributed by atoms with Crippen molar-refractivity contribution in [1.82, 2.24) is 24.8 Å². The number of amides is 2. The molecule has 5 heterocycles. The Balaban J connectivity index is 1.17. The Labute approximate surface area is 208 Å². The normalized spacial score (nSPS) is 22.6. The number of hydrogen-bond donors (Lipinski definition) is 1. The molecule has 11 heteroatoms. The minimum atomic E-state index is -0.517. The summed E-state index contributed by atoms with van der Waals surface area (Å²) < 4.78 is 18.9. The molecular formula is C25H29FN8O2. The summed E-state index contributed by atoms with van der Waals surface area (Å²) in [4.78, 5) is 26.9. The van der Waals surface area contributed by atoms with Crippen LogP contribution in [0.5, 0.6) is 0 Å². The molecule has 2 N–H and O–H groups in total. The van der Waals surface area contributed by atoms with Gasteiger partial charge in [-0.1, -0.05) is 12.1 Å². The molecule has 0 aliphatic carbocycles. The first kappa shape index (κ1) is 22.7. The molecule has 10 nitrogen and oxygen atoms in total. The molecule has 4 aliphatic rings. The number of piperidine rings is 1. The van der Waals surface area contributed by atoms with Gasteiger partial charge in [0.2, 0.25) is 6.29 Å². The SMILES string of the molecule is CCN1C(=O)N(CCN2CCC(c3ccc(F)cc3)CC2)C2N=C3C(=C(c4ccco4)N=CN3N)N21. The number of halogens is 1. The molecule has 1 aromatic heterocycles. The molecule has 0 radical (unpaired) electrons. The third-order valence-corrected chi connectivity index (χ3v) is 7.32. The van der Waals surface area contributed by atoms with Crippen LogP contribution >= 0.6 is 0 Å². The molecule has 2 amide bonds. The fourth-order valence-electron chi connectivity index (χ4n) is 5.43. The van der Waals surface area contributed by atoms with Crippen LogP contribution in [-0.2, 0) is 0 Å². The number of amidine groups is 1. The second kappa shape index (κ2) is 9.07. The van der Waals surface area contributed by atoms with Crippen LogP contribution in [0.1, 0.15) is 37.0 Å². The Morgan fingerprint density at radius 2 is 1.92 bits per heavy atom. The maximum absolute atomic E-state index is 13.4. The van der Waals surface area contributed by atoms with E-state index in [2.05, 4.69) is 9.89 Å². The number of carbonyl (C=O) groups excluding carboxylic acids is 1. The summed E-state index contributed by atoms with van der Waals surface area (Å²) in [6, 6.07) is 10.4. The number of carbonyl (C=O) groups is 1. The highest BCUT2D eigenvalue weighted by Crippen LogP contribution is 2.39. The Morgan fingerprint density at radius 1 is 1.14 bits per heavy atom. The lowest BCUT2D eigenvalue weighted by atomic mass is 9.89. The Hall–Kier alpha value is -3.70. The number of benzene rings is 1. The van der Waals surface area contributed by atoms with E-state index >= 15 is 0 Å². The van der Waals surface area contributed by atoms with Gasteiger partial charge in [-0.25, -0.2) is 40.0 Å². The van der Waals surface area contributed by atoms with Crippen LogP contribution in [0.15, 0.2) is 62.8 Å². The first-order valence-electron chi connectivity index (χ1n) is 12.3. The molecule has 4 aliphatic heterocycles. The minimum Gasteiger partial charge on any atom is -0.463 e. The molecule has 1 aromatic carbocycles. The van der Waals surface area contributed by atoms with Crippen molar-refractivity contribution >= 4 is 23.9 Å². The Bertz CT molecular complexity index is 1220. The van der Waals surface area contributed by atoms with E-state index in [4.69, 9.17) is 15.3 Å². The molecule has 2 fully saturated rings. The van der Waals surface area contributed by atoms with E-state index in [1.165, 1.54) is 29.0 Å². The summed E-state index contributed by atoms with van der Waals surface area (Å²) >= 11 is 0. The number of furan rings is 1. The van der Waals surface area contributed by atoms with Crippen molar-refractivity contribution in [1.29, 1.82) is 0 Å². The summed E-state index contributed by atoms with van der Waals surface area (Å²) in [7, 11) is 0. The van der Waals surface area contributed by atoms with E-state index in [0.717, 1.165) is 32.5 Å². The van der Waals surface area contributed by atoms with Gasteiger partial charge in [0, 0.05) is 19.6 Å². The highest BCUT2D eigenvalue weighted by Gasteiger charge is 2.52. The van der Waals surface area contributed by atoms with Crippen LogP contribution in [-0.4, -0.2) is 82.0 Å². The number of rotatable bonds is 6. The van der Waals surface area contributed by atoms with Crippen molar-refractivity contribution in [3.05, 3.63) is 65.5 Å². The van der Waals surface area contributed by atoms with Crippen LogP contribution in [0.2, 0.25) is 0 Å². The van der Waals surface area contributed by atoms with Gasteiger partial charge in [0.05, 0.1) is 6.26 Å². The summed E-state index contributed by atoms with van der Waals surface area (Å²) in [5.74, 6) is 7.56. The molecule has 0 saturated carbocycles. The minimum absolute atomic E-state index is 0.0871. The van der Waals surface area contributed by atoms with Gasteiger partial charge in [-0.3, -0.25) is 4.90 Å². The molecule has 36 heavy (non-hydrogen) atoms. The number of nitrogens with zero attached hydrogens (tertiary/aromatic N) is 7. The summed E-state index contributed by atoms with van der Waals surface area (Å²) in [6.45, 7) is 5.59. The van der Waals surface area contributed by atoms with Gasteiger partial charge in [0.15, 0.2) is 11.6 Å². The monoisotopic (exact) mass is 492 g/mol. The van der Waals surface area contributed by atoms with E-state index < -0.39 is 6.29 Å². The van der Waals surface area contributed by atoms with Crippen molar-refractivity contribution in [2.75, 3.05) is 32.7 Å². The van der Waals surface area contributed by atoms with E-state index in [1.807, 2.05) is 30.1 Å². The van der Waals surface area contributed by atoms with E-state index in [0.29, 0.717) is 42.0 Å². The summed E-state index contributed by atoms with van der Waals surface area (Å²) in [5.41, 5.74) is 2.45. The van der Waals surface area contributed by atoms with Gasteiger partial charge in [0.1, 0.15) is 23.5 Å². The lowest BCUT2D eigenvalue weighted by molar-refractivity contribution is 0.0661. The van der Waals surface area contributed by atoms with Gasteiger partial charge in [0.25, 0.3) is 0 Å². The maximum Gasteiger partial charge on any atom is 0.342 e. The number of fused-ring (bicyclic) bond motifs is 3. The van der Waals surface area contributed by atoms with Crippen molar-refractivity contribution in [3.63, 3.8) is 0 Å². The predicted octanol–water partition coefficient (Wildman–Crippen LogP) is 2.85. The molecular weight excluding hydrogens is 463 g/mol. The largest absolute Gasteiger partial charge is 0.463 e. The van der Waals surface area contributed by atoms with E-state index in [-0.39, 0.29) is 11.8 Å². The van der Waals surface area contributed by atoms with Crippen molar-refractivity contribution in [2.45, 2.75) is 32.0 Å². The molecule has 1 unspecified atom stereocenters. The number of hydrazine groups is 2. The molecule has 188 valence electrons. The Kier molecular flexibility index (Phi) is 5.73. The molecule has 2 saturated heterocycles. The second-order valence-electron chi connectivity index (χ2n) is 9.33. The van der Waals surface area contributed by atoms with Crippen molar-refractivity contribution in [2.24, 2.45) is 15.8 Å². The van der Waals surface area contributed by atoms with Crippen molar-refractivity contribution in [3.8, 4) is 0 Å². The van der Waals surface area contributed by atoms with Crippen LogP contribution < -0.4 is 5.84 Å². The van der Waals surface area contributed by atoms with Crippen LogP contribution in [0, 0.1) is 5.82 Å². The zero-order valence-corrected chi connectivity index (χ0v) is 20.1. The van der Waals surface area contributed by atoms with Crippen LogP contribution in [0.3, 0.4) is 0 Å². The fourth-order valence-corrected chi connectivity index (χ4v) is 5.43. The second-order valence-corrected chi connectivity index (χ2v) is 9.33. The molecule has 0 spiro atoms. The topological polar surface area (TPSA) is 97.1 Å². The molecule has 0 bridgehead atoms. The lowest BCUT2D eigenvalue weighted by Gasteiger charge is -2.33. The molecule has 1 atom stereocenters. The van der Waals surface area contributed by atoms with Gasteiger partial charge in [-0.15, -0.1) is 0 Å². The molecule has 2 aromatic rings. The van der Waals surface area contributed by atoms with Gasteiger partial charge < -0.3 is 9.32 Å². The zero-order chi connectivity index (χ0) is 24.8. The molecule has 6 rings (SSSR count). The predicted molar refractivity (Wildman–Crippen MR) is 133 cm³/mol. The van der Waals surface area contributed by atoms with Crippen LogP contribution in [0.25, 0.3) is 5.70 Å². The number of nitrogens with two attached hydrogens (primary N) is 1. The fraction of sp³-hybridized carbons (Fsp3) is 0.400. The smallest absolute Gasteiger partial charge is 0.342 e. The third-order valence-electron chi connectivity index (χ3n) is 7.32. The number of aliphatic imine (C=N–C) groups is 2. The van der Waals surface area contributed by atoms with Gasteiger partial charge in [-0.05, 0) is 68.6 Å². The zero-order valence-electron chi connectivity index (χ0n) is 20.1. The third kappa shape index (κ3) is 3.75. The number of hydrogen-bond acceptors (Lipinski definition) is 8. The van der Waals surface area contributed by atoms with Gasteiger partial charge >= 0.3 is 6.03 Å². The van der Waals surface area contributed by atoms with E-state index in [9.17, 15) is 9.18 Å². The highest BCUT2D eigenvalue weighted by atomic mass is 19.1. The quantitative estimate of drug-likeness (QED) is 0.623. The Morgan fingerprint density at radius 3 is 2.61 bits per heavy atom. The lowest BCUT2D eigenvalue weighted by Crippen LogP contribution is -2.45. The summed E-state index contributed by atoms with van der Waals surface area (Å²) in [5, 5.41) is 4.96. The van der Waals surface area contributed by atoms with Crippen molar-refractivity contribution < 1.29 is 13.6 Å². The van der Waals surface area contributed by atoms with Crippen LogP contribution in [0.4, 0.5) is 9.18 Å². The highest BCUT2D eigenvalue weighted by molar-refractivity contribution is 6.12.